The van der Waals surface area contributed by atoms with E-state index < -0.39 is 23.1 Å². The largest absolute Gasteiger partial charge is 0.481 e. The fourth-order valence-corrected chi connectivity index (χ4v) is 1.90. The Hall–Kier alpha value is -2.97. The van der Waals surface area contributed by atoms with E-state index in [-0.39, 0.29) is 29.6 Å². The van der Waals surface area contributed by atoms with E-state index in [0.717, 1.165) is 0 Å². The second-order valence-electron chi connectivity index (χ2n) is 4.67. The summed E-state index contributed by atoms with van der Waals surface area (Å²) < 4.78 is 1.17. The van der Waals surface area contributed by atoms with Crippen molar-refractivity contribution in [2.24, 2.45) is 7.05 Å². The SMILES string of the molecule is Cn1c(=O)[nH]c(=O)c2cc(C(=O)NCCCC(=O)O)cnc21. The average Bonchev–Trinajstić information content (AvgIpc) is 2.48. The third-order valence-electron chi connectivity index (χ3n) is 3.07. The van der Waals surface area contributed by atoms with Gasteiger partial charge in [-0.2, -0.15) is 0 Å². The molecular formula is C13H14N4O5. The van der Waals surface area contributed by atoms with Crippen LogP contribution in [-0.4, -0.2) is 38.1 Å². The number of nitrogens with one attached hydrogen (secondary N) is 2. The minimum atomic E-state index is -0.936. The van der Waals surface area contributed by atoms with Crippen LogP contribution in [0.25, 0.3) is 11.0 Å². The van der Waals surface area contributed by atoms with Gasteiger partial charge in [0.25, 0.3) is 11.5 Å². The monoisotopic (exact) mass is 306 g/mol. The van der Waals surface area contributed by atoms with Gasteiger partial charge in [0.2, 0.25) is 0 Å². The Labute approximate surface area is 123 Å². The third kappa shape index (κ3) is 3.19. The Kier molecular flexibility index (Phi) is 4.35. The maximum Gasteiger partial charge on any atom is 0.329 e. The maximum absolute atomic E-state index is 11.9. The van der Waals surface area contributed by atoms with Crippen LogP contribution < -0.4 is 16.6 Å². The lowest BCUT2D eigenvalue weighted by Crippen LogP contribution is -2.30. The highest BCUT2D eigenvalue weighted by atomic mass is 16.4. The number of aromatic amines is 1. The van der Waals surface area contributed by atoms with Crippen molar-refractivity contribution in [3.63, 3.8) is 0 Å². The van der Waals surface area contributed by atoms with Crippen molar-refractivity contribution in [2.75, 3.05) is 6.54 Å². The van der Waals surface area contributed by atoms with Gasteiger partial charge in [-0.15, -0.1) is 0 Å². The molecule has 0 fully saturated rings. The van der Waals surface area contributed by atoms with Gasteiger partial charge in [0.15, 0.2) is 0 Å². The summed E-state index contributed by atoms with van der Waals surface area (Å²) in [4.78, 5) is 51.6. The van der Waals surface area contributed by atoms with Gasteiger partial charge in [-0.25, -0.2) is 9.78 Å². The molecular weight excluding hydrogens is 292 g/mol. The van der Waals surface area contributed by atoms with Crippen LogP contribution in [0.4, 0.5) is 0 Å². The third-order valence-corrected chi connectivity index (χ3v) is 3.07. The number of carboxylic acid groups (broad SMARTS) is 1. The summed E-state index contributed by atoms with van der Waals surface area (Å²) >= 11 is 0. The number of H-pyrrole nitrogens is 1. The highest BCUT2D eigenvalue weighted by Gasteiger charge is 2.11. The number of aliphatic carboxylic acids is 1. The van der Waals surface area contributed by atoms with E-state index in [1.54, 1.807) is 0 Å². The van der Waals surface area contributed by atoms with Gasteiger partial charge in [-0.3, -0.25) is 23.9 Å². The number of hydrogen-bond donors (Lipinski definition) is 3. The molecule has 0 atom stereocenters. The molecule has 0 radical (unpaired) electrons. The van der Waals surface area contributed by atoms with Crippen LogP contribution >= 0.6 is 0 Å². The Balaban J connectivity index is 2.23. The zero-order valence-corrected chi connectivity index (χ0v) is 11.8. The van der Waals surface area contributed by atoms with E-state index >= 15 is 0 Å². The molecule has 0 aliphatic rings. The van der Waals surface area contributed by atoms with Gasteiger partial charge in [-0.1, -0.05) is 0 Å². The van der Waals surface area contributed by atoms with Crippen molar-refractivity contribution in [2.45, 2.75) is 12.8 Å². The second kappa shape index (κ2) is 6.20. The molecule has 9 nitrogen and oxygen atoms in total. The number of rotatable bonds is 5. The van der Waals surface area contributed by atoms with Gasteiger partial charge < -0.3 is 10.4 Å². The van der Waals surface area contributed by atoms with Gasteiger partial charge in [0, 0.05) is 26.2 Å². The highest BCUT2D eigenvalue weighted by Crippen LogP contribution is 2.06. The number of aryl methyl sites for hydroxylation is 1. The Morgan fingerprint density at radius 3 is 2.82 bits per heavy atom. The molecule has 0 saturated carbocycles. The minimum absolute atomic E-state index is 0.0436. The number of carbonyl (C=O) groups is 2. The lowest BCUT2D eigenvalue weighted by molar-refractivity contribution is -0.137. The first kappa shape index (κ1) is 15.4. The Bertz CT molecular complexity index is 852. The number of nitrogens with zero attached hydrogens (tertiary/aromatic N) is 2. The minimum Gasteiger partial charge on any atom is -0.481 e. The Morgan fingerprint density at radius 2 is 2.14 bits per heavy atom. The molecule has 3 N–H and O–H groups in total. The number of aromatic nitrogens is 3. The van der Waals surface area contributed by atoms with Crippen LogP contribution in [0.15, 0.2) is 21.9 Å². The summed E-state index contributed by atoms with van der Waals surface area (Å²) in [5, 5.41) is 11.2. The van der Waals surface area contributed by atoms with Crippen LogP contribution in [0.2, 0.25) is 0 Å². The van der Waals surface area contributed by atoms with Crippen molar-refractivity contribution in [1.29, 1.82) is 0 Å². The van der Waals surface area contributed by atoms with Crippen LogP contribution in [0.3, 0.4) is 0 Å². The lowest BCUT2D eigenvalue weighted by atomic mass is 10.2. The molecule has 0 aliphatic carbocycles. The molecule has 22 heavy (non-hydrogen) atoms. The molecule has 0 spiro atoms. The molecule has 116 valence electrons. The van der Waals surface area contributed by atoms with E-state index in [1.165, 1.54) is 23.9 Å². The standard InChI is InChI=1S/C13H14N4O5/c1-17-10-8(12(21)16-13(17)22)5-7(6-15-10)11(20)14-4-2-3-9(18)19/h5-6H,2-4H2,1H3,(H,14,20)(H,18,19)(H,16,21,22). The molecule has 0 unspecified atom stereocenters. The van der Waals surface area contributed by atoms with E-state index in [2.05, 4.69) is 15.3 Å². The van der Waals surface area contributed by atoms with Crippen molar-refractivity contribution in [3.05, 3.63) is 38.7 Å². The molecule has 9 heteroatoms. The molecule has 2 aromatic heterocycles. The summed E-state index contributed by atoms with van der Waals surface area (Å²) in [6.45, 7) is 0.201. The van der Waals surface area contributed by atoms with Gasteiger partial charge in [0.05, 0.1) is 10.9 Å². The van der Waals surface area contributed by atoms with Gasteiger partial charge >= 0.3 is 11.7 Å². The fraction of sp³-hybridized carbons (Fsp3) is 0.308. The maximum atomic E-state index is 11.9. The number of carboxylic acids is 1. The number of carbonyl (C=O) groups excluding carboxylic acids is 1. The quantitative estimate of drug-likeness (QED) is 0.620. The highest BCUT2D eigenvalue weighted by molar-refractivity contribution is 5.96. The number of hydrogen-bond acceptors (Lipinski definition) is 5. The van der Waals surface area contributed by atoms with Crippen LogP contribution in [0.1, 0.15) is 23.2 Å². The van der Waals surface area contributed by atoms with E-state index in [9.17, 15) is 19.2 Å². The van der Waals surface area contributed by atoms with Crippen molar-refractivity contribution in [1.82, 2.24) is 19.9 Å². The molecule has 0 bridgehead atoms. The summed E-state index contributed by atoms with van der Waals surface area (Å²) in [7, 11) is 1.46. The molecule has 0 aromatic carbocycles. The smallest absolute Gasteiger partial charge is 0.329 e. The van der Waals surface area contributed by atoms with E-state index in [1.807, 2.05) is 0 Å². The first-order chi connectivity index (χ1) is 10.4. The van der Waals surface area contributed by atoms with Crippen molar-refractivity contribution < 1.29 is 14.7 Å². The molecule has 0 saturated heterocycles. The summed E-state index contributed by atoms with van der Waals surface area (Å²) in [6.07, 6.45) is 1.52. The van der Waals surface area contributed by atoms with Crippen LogP contribution in [0.5, 0.6) is 0 Å². The summed E-state index contributed by atoms with van der Waals surface area (Å²) in [5.41, 5.74) is -0.870. The summed E-state index contributed by atoms with van der Waals surface area (Å²) in [5.74, 6) is -1.40. The van der Waals surface area contributed by atoms with Gasteiger partial charge in [-0.05, 0) is 12.5 Å². The summed E-state index contributed by atoms with van der Waals surface area (Å²) in [6, 6.07) is 1.34. The zero-order chi connectivity index (χ0) is 16.3. The van der Waals surface area contributed by atoms with Crippen LogP contribution in [0, 0.1) is 0 Å². The van der Waals surface area contributed by atoms with Crippen molar-refractivity contribution in [3.8, 4) is 0 Å². The van der Waals surface area contributed by atoms with E-state index in [4.69, 9.17) is 5.11 Å². The molecule has 2 rings (SSSR count). The first-order valence-electron chi connectivity index (χ1n) is 6.49. The number of fused-ring (bicyclic) bond motifs is 1. The predicted molar refractivity (Wildman–Crippen MR) is 76.8 cm³/mol. The second-order valence-corrected chi connectivity index (χ2v) is 4.67. The molecule has 0 aliphatic heterocycles. The lowest BCUT2D eigenvalue weighted by Gasteiger charge is -2.06. The normalized spacial score (nSPS) is 10.6. The van der Waals surface area contributed by atoms with Crippen LogP contribution in [-0.2, 0) is 11.8 Å². The molecule has 2 heterocycles. The van der Waals surface area contributed by atoms with E-state index in [0.29, 0.717) is 6.42 Å². The molecule has 2 aromatic rings. The zero-order valence-electron chi connectivity index (χ0n) is 11.8. The van der Waals surface area contributed by atoms with Crippen molar-refractivity contribution >= 4 is 22.9 Å². The predicted octanol–water partition coefficient (Wildman–Crippen LogP) is -0.784. The van der Waals surface area contributed by atoms with Gasteiger partial charge in [0.1, 0.15) is 5.65 Å². The average molecular weight is 306 g/mol. The Morgan fingerprint density at radius 1 is 1.41 bits per heavy atom. The molecule has 1 amide bonds. The number of pyridine rings is 1. The number of amides is 1. The first-order valence-corrected chi connectivity index (χ1v) is 6.49. The fourth-order valence-electron chi connectivity index (χ4n) is 1.90. The topological polar surface area (TPSA) is 134 Å².